The summed E-state index contributed by atoms with van der Waals surface area (Å²) in [7, 11) is 1.66. The van der Waals surface area contributed by atoms with Crippen molar-refractivity contribution in [2.75, 3.05) is 7.11 Å². The van der Waals surface area contributed by atoms with E-state index in [-0.39, 0.29) is 4.83 Å². The zero-order valence-corrected chi connectivity index (χ0v) is 17.9. The minimum absolute atomic E-state index is 0.00292. The Bertz CT molecular complexity index is 649. The molecular formula is C14H9Br3ClIO. The topological polar surface area (TPSA) is 9.23 Å². The van der Waals surface area contributed by atoms with Gasteiger partial charge in [0.15, 0.2) is 0 Å². The molecular weight excluding hydrogens is 586 g/mol. The van der Waals surface area contributed by atoms with Crippen molar-refractivity contribution in [2.24, 2.45) is 0 Å². The summed E-state index contributed by atoms with van der Waals surface area (Å²) in [4.78, 5) is -0.00292. The number of alkyl halides is 1. The second-order valence-corrected chi connectivity index (χ2v) is 8.32. The zero-order chi connectivity index (χ0) is 14.9. The highest BCUT2D eigenvalue weighted by Crippen LogP contribution is 2.43. The van der Waals surface area contributed by atoms with Gasteiger partial charge in [0.05, 0.1) is 16.4 Å². The molecule has 0 radical (unpaired) electrons. The number of methoxy groups -OCH3 is 1. The Hall–Kier alpha value is 0.700. The van der Waals surface area contributed by atoms with Gasteiger partial charge in [-0.25, -0.2) is 0 Å². The number of rotatable bonds is 3. The quantitative estimate of drug-likeness (QED) is 0.276. The second-order valence-electron chi connectivity index (χ2n) is 4.04. The van der Waals surface area contributed by atoms with Crippen LogP contribution in [0.5, 0.6) is 5.75 Å². The first-order valence-corrected chi connectivity index (χ1v) is 9.51. The molecule has 0 aliphatic heterocycles. The minimum Gasteiger partial charge on any atom is -0.495 e. The highest BCUT2D eigenvalue weighted by molar-refractivity contribution is 14.1. The molecule has 2 rings (SSSR count). The van der Waals surface area contributed by atoms with Crippen LogP contribution in [0.25, 0.3) is 0 Å². The lowest BCUT2D eigenvalue weighted by Gasteiger charge is -2.18. The summed E-state index contributed by atoms with van der Waals surface area (Å²) in [6, 6.07) is 9.93. The van der Waals surface area contributed by atoms with Gasteiger partial charge in [0, 0.05) is 18.6 Å². The van der Waals surface area contributed by atoms with E-state index >= 15 is 0 Å². The fraction of sp³-hybridized carbons (Fsp3) is 0.143. The monoisotopic (exact) mass is 592 g/mol. The van der Waals surface area contributed by atoms with Gasteiger partial charge >= 0.3 is 0 Å². The Morgan fingerprint density at radius 2 is 1.85 bits per heavy atom. The predicted octanol–water partition coefficient (Wildman–Crippen LogP) is 6.96. The Morgan fingerprint density at radius 1 is 1.15 bits per heavy atom. The van der Waals surface area contributed by atoms with Crippen molar-refractivity contribution in [3.05, 3.63) is 59.0 Å². The van der Waals surface area contributed by atoms with Crippen molar-refractivity contribution < 1.29 is 4.74 Å². The lowest BCUT2D eigenvalue weighted by Crippen LogP contribution is -2.00. The summed E-state index contributed by atoms with van der Waals surface area (Å²) >= 11 is 19.2. The zero-order valence-electron chi connectivity index (χ0n) is 10.3. The van der Waals surface area contributed by atoms with Crippen molar-refractivity contribution in [2.45, 2.75) is 4.83 Å². The van der Waals surface area contributed by atoms with Gasteiger partial charge in [-0.3, -0.25) is 0 Å². The number of hydrogen-bond acceptors (Lipinski definition) is 1. The van der Waals surface area contributed by atoms with Gasteiger partial charge in [0.25, 0.3) is 0 Å². The van der Waals surface area contributed by atoms with Gasteiger partial charge in [-0.05, 0) is 74.4 Å². The molecule has 0 fully saturated rings. The first kappa shape index (κ1) is 17.1. The first-order chi connectivity index (χ1) is 9.43. The molecule has 0 bridgehead atoms. The Balaban J connectivity index is 2.58. The fourth-order valence-electron chi connectivity index (χ4n) is 1.86. The van der Waals surface area contributed by atoms with Crippen LogP contribution >= 0.6 is 82.0 Å². The van der Waals surface area contributed by atoms with Crippen molar-refractivity contribution in [3.8, 4) is 5.75 Å². The van der Waals surface area contributed by atoms with Crippen LogP contribution < -0.4 is 4.74 Å². The first-order valence-electron chi connectivity index (χ1n) is 5.56. The molecule has 0 amide bonds. The van der Waals surface area contributed by atoms with Crippen LogP contribution in [0.2, 0.25) is 5.02 Å². The van der Waals surface area contributed by atoms with Crippen LogP contribution in [-0.2, 0) is 0 Å². The average molecular weight is 595 g/mol. The summed E-state index contributed by atoms with van der Waals surface area (Å²) in [6.45, 7) is 0. The molecule has 2 aromatic rings. The normalized spacial score (nSPS) is 12.3. The van der Waals surface area contributed by atoms with E-state index in [1.54, 1.807) is 7.11 Å². The van der Waals surface area contributed by atoms with Crippen LogP contribution in [-0.4, -0.2) is 7.11 Å². The van der Waals surface area contributed by atoms with Crippen LogP contribution in [0.1, 0.15) is 16.0 Å². The standard InChI is InChI=1S/C14H9Br3ClIO/c1-20-14-10(5-8(18)6-11(14)16)13(17)9-4-7(15)2-3-12(9)19/h2-6,13H,1H3. The number of ether oxygens (including phenoxy) is 1. The van der Waals surface area contributed by atoms with Gasteiger partial charge in [-0.1, -0.05) is 43.5 Å². The molecule has 1 atom stereocenters. The summed E-state index contributed by atoms with van der Waals surface area (Å²) < 4.78 is 8.55. The SMILES string of the molecule is COc1c(Br)cc(Cl)cc1C(Br)c1cc(Br)ccc1I. The van der Waals surface area contributed by atoms with Gasteiger partial charge in [-0.2, -0.15) is 0 Å². The molecule has 1 nitrogen and oxygen atoms in total. The van der Waals surface area contributed by atoms with E-state index in [4.69, 9.17) is 16.3 Å². The van der Waals surface area contributed by atoms with E-state index in [2.05, 4.69) is 82.5 Å². The average Bonchev–Trinajstić information content (AvgIpc) is 2.40. The Kier molecular flexibility index (Phi) is 6.23. The molecule has 106 valence electrons. The van der Waals surface area contributed by atoms with Gasteiger partial charge in [-0.15, -0.1) is 0 Å². The number of hydrogen-bond donors (Lipinski definition) is 0. The number of benzene rings is 2. The summed E-state index contributed by atoms with van der Waals surface area (Å²) in [6.07, 6.45) is 0. The summed E-state index contributed by atoms with van der Waals surface area (Å²) in [5.41, 5.74) is 2.15. The molecule has 2 aromatic carbocycles. The molecule has 0 N–H and O–H groups in total. The lowest BCUT2D eigenvalue weighted by atomic mass is 10.0. The molecule has 0 aromatic heterocycles. The maximum atomic E-state index is 6.16. The smallest absolute Gasteiger partial charge is 0.137 e. The fourth-order valence-corrected chi connectivity index (χ4v) is 5.03. The predicted molar refractivity (Wildman–Crippen MR) is 103 cm³/mol. The number of halogens is 5. The second kappa shape index (κ2) is 7.31. The summed E-state index contributed by atoms with van der Waals surface area (Å²) in [5.74, 6) is 0.784. The van der Waals surface area contributed by atoms with Crippen molar-refractivity contribution in [1.82, 2.24) is 0 Å². The van der Waals surface area contributed by atoms with E-state index in [1.165, 1.54) is 3.57 Å². The molecule has 0 saturated heterocycles. The highest BCUT2D eigenvalue weighted by atomic mass is 127. The van der Waals surface area contributed by atoms with Gasteiger partial charge in [0.1, 0.15) is 5.75 Å². The van der Waals surface area contributed by atoms with Crippen molar-refractivity contribution >= 4 is 82.0 Å². The molecule has 0 heterocycles. The maximum Gasteiger partial charge on any atom is 0.137 e. The van der Waals surface area contributed by atoms with E-state index in [0.29, 0.717) is 5.02 Å². The third kappa shape index (κ3) is 3.72. The molecule has 0 spiro atoms. The maximum absolute atomic E-state index is 6.16. The van der Waals surface area contributed by atoms with Crippen LogP contribution in [0.15, 0.2) is 39.3 Å². The van der Waals surface area contributed by atoms with Crippen LogP contribution in [0.4, 0.5) is 0 Å². The Labute approximate surface area is 161 Å². The third-order valence-electron chi connectivity index (χ3n) is 2.75. The van der Waals surface area contributed by atoms with Gasteiger partial charge in [0.2, 0.25) is 0 Å². The van der Waals surface area contributed by atoms with Crippen molar-refractivity contribution in [1.29, 1.82) is 0 Å². The molecule has 0 saturated carbocycles. The molecule has 1 unspecified atom stereocenters. The van der Waals surface area contributed by atoms with E-state index < -0.39 is 0 Å². The molecule has 0 aliphatic rings. The van der Waals surface area contributed by atoms with Crippen LogP contribution in [0.3, 0.4) is 0 Å². The van der Waals surface area contributed by atoms with E-state index in [0.717, 1.165) is 25.8 Å². The minimum atomic E-state index is -0.00292. The van der Waals surface area contributed by atoms with Gasteiger partial charge < -0.3 is 4.74 Å². The summed E-state index contributed by atoms with van der Waals surface area (Å²) in [5, 5.41) is 0.669. The van der Waals surface area contributed by atoms with Crippen LogP contribution in [0, 0.1) is 3.57 Å². The lowest BCUT2D eigenvalue weighted by molar-refractivity contribution is 0.408. The van der Waals surface area contributed by atoms with E-state index in [9.17, 15) is 0 Å². The largest absolute Gasteiger partial charge is 0.495 e. The Morgan fingerprint density at radius 3 is 2.50 bits per heavy atom. The molecule has 0 aliphatic carbocycles. The van der Waals surface area contributed by atoms with E-state index in [1.807, 2.05) is 18.2 Å². The highest BCUT2D eigenvalue weighted by Gasteiger charge is 2.20. The third-order valence-corrected chi connectivity index (χ3v) is 6.01. The molecule has 6 heteroatoms. The van der Waals surface area contributed by atoms with Crippen molar-refractivity contribution in [3.63, 3.8) is 0 Å². The molecule has 20 heavy (non-hydrogen) atoms.